The molecule has 0 bridgehead atoms. The Bertz CT molecular complexity index is 821. The Labute approximate surface area is 176 Å². The number of carbonyl (C=O) groups is 1. The Morgan fingerprint density at radius 1 is 1.18 bits per heavy atom. The van der Waals surface area contributed by atoms with Crippen LogP contribution in [0.5, 0.6) is 5.75 Å². The van der Waals surface area contributed by atoms with Crippen LogP contribution in [0, 0.1) is 0 Å². The van der Waals surface area contributed by atoms with Crippen molar-refractivity contribution in [2.75, 3.05) is 25.0 Å². The van der Waals surface area contributed by atoms with Gasteiger partial charge in [0.1, 0.15) is 5.75 Å². The van der Waals surface area contributed by atoms with Crippen LogP contribution in [-0.4, -0.2) is 41.7 Å². The first kappa shape index (κ1) is 20.4. The molecule has 3 rings (SSSR count). The number of ether oxygens (including phenoxy) is 1. The van der Waals surface area contributed by atoms with Crippen molar-refractivity contribution < 1.29 is 9.53 Å². The molecule has 148 valence electrons. The Kier molecular flexibility index (Phi) is 7.12. The number of amides is 1. The molecule has 0 radical (unpaired) electrons. The Morgan fingerprint density at radius 2 is 1.86 bits per heavy atom. The maximum atomic E-state index is 12.6. The van der Waals surface area contributed by atoms with Gasteiger partial charge in [0.25, 0.3) is 5.91 Å². The number of thiocarbonyl (C=S) groups is 1. The molecule has 5 nitrogen and oxygen atoms in total. The van der Waals surface area contributed by atoms with Gasteiger partial charge >= 0.3 is 0 Å². The van der Waals surface area contributed by atoms with Crippen LogP contribution >= 0.6 is 23.8 Å². The molecule has 1 saturated heterocycles. The molecular formula is C21H24ClN3O2S. The van der Waals surface area contributed by atoms with Gasteiger partial charge in [-0.25, -0.2) is 0 Å². The lowest BCUT2D eigenvalue weighted by Crippen LogP contribution is -2.47. The fourth-order valence-corrected chi connectivity index (χ4v) is 3.59. The zero-order valence-corrected chi connectivity index (χ0v) is 17.4. The number of piperidine rings is 1. The van der Waals surface area contributed by atoms with Gasteiger partial charge in [-0.1, -0.05) is 23.7 Å². The summed E-state index contributed by atoms with van der Waals surface area (Å²) >= 11 is 11.4. The van der Waals surface area contributed by atoms with Gasteiger partial charge < -0.3 is 20.3 Å². The van der Waals surface area contributed by atoms with Gasteiger partial charge in [-0.3, -0.25) is 4.79 Å². The average molecular weight is 418 g/mol. The molecule has 2 aromatic carbocycles. The summed E-state index contributed by atoms with van der Waals surface area (Å²) in [6, 6.07) is 14.9. The fourth-order valence-electron chi connectivity index (χ4n) is 3.16. The van der Waals surface area contributed by atoms with Crippen molar-refractivity contribution >= 4 is 40.5 Å². The van der Waals surface area contributed by atoms with Crippen molar-refractivity contribution in [3.05, 3.63) is 59.1 Å². The second kappa shape index (κ2) is 9.75. The number of hydrogen-bond donors (Lipinski definition) is 2. The first-order chi connectivity index (χ1) is 13.6. The highest BCUT2D eigenvalue weighted by Crippen LogP contribution is 2.20. The highest BCUT2D eigenvalue weighted by molar-refractivity contribution is 7.80. The zero-order valence-electron chi connectivity index (χ0n) is 15.8. The van der Waals surface area contributed by atoms with E-state index in [4.69, 9.17) is 28.6 Å². The quantitative estimate of drug-likeness (QED) is 0.709. The molecule has 7 heteroatoms. The largest absolute Gasteiger partial charge is 0.493 e. The van der Waals surface area contributed by atoms with E-state index in [1.165, 1.54) is 0 Å². The van der Waals surface area contributed by atoms with Crippen molar-refractivity contribution in [1.82, 2.24) is 10.2 Å². The van der Waals surface area contributed by atoms with E-state index in [-0.39, 0.29) is 11.9 Å². The van der Waals surface area contributed by atoms with Crippen LogP contribution in [-0.2, 0) is 0 Å². The number of nitrogens with zero attached hydrogens (tertiary/aromatic N) is 1. The summed E-state index contributed by atoms with van der Waals surface area (Å²) in [7, 11) is 0. The molecular weight excluding hydrogens is 394 g/mol. The first-order valence-electron chi connectivity index (χ1n) is 9.41. The normalized spacial score (nSPS) is 14.4. The lowest BCUT2D eigenvalue weighted by Gasteiger charge is -2.34. The van der Waals surface area contributed by atoms with Crippen molar-refractivity contribution in [2.45, 2.75) is 25.8 Å². The molecule has 1 aliphatic heterocycles. The third kappa shape index (κ3) is 5.36. The molecule has 1 aliphatic rings. The molecule has 0 atom stereocenters. The van der Waals surface area contributed by atoms with Crippen LogP contribution in [0.25, 0.3) is 0 Å². The van der Waals surface area contributed by atoms with Crippen molar-refractivity contribution in [2.24, 2.45) is 0 Å². The van der Waals surface area contributed by atoms with Crippen molar-refractivity contribution in [3.8, 4) is 5.75 Å². The number of rotatable bonds is 5. The van der Waals surface area contributed by atoms with E-state index in [2.05, 4.69) is 15.5 Å². The lowest BCUT2D eigenvalue weighted by molar-refractivity contribution is 0.0919. The second-order valence-electron chi connectivity index (χ2n) is 6.60. The Balaban J connectivity index is 1.50. The summed E-state index contributed by atoms with van der Waals surface area (Å²) in [6.07, 6.45) is 1.68. The summed E-state index contributed by atoms with van der Waals surface area (Å²) in [5.41, 5.74) is 1.49. The number of hydrogen-bond acceptors (Lipinski definition) is 3. The monoisotopic (exact) mass is 417 g/mol. The van der Waals surface area contributed by atoms with Crippen LogP contribution in [0.15, 0.2) is 48.5 Å². The van der Waals surface area contributed by atoms with Crippen LogP contribution in [0.4, 0.5) is 5.69 Å². The number of anilines is 1. The topological polar surface area (TPSA) is 53.6 Å². The molecule has 1 heterocycles. The van der Waals surface area contributed by atoms with E-state index in [9.17, 15) is 4.79 Å². The zero-order chi connectivity index (χ0) is 19.9. The Hall–Kier alpha value is -2.31. The molecule has 2 aromatic rings. The van der Waals surface area contributed by atoms with Gasteiger partial charge in [-0.05, 0) is 68.4 Å². The molecule has 0 aliphatic carbocycles. The van der Waals surface area contributed by atoms with E-state index < -0.39 is 0 Å². The average Bonchev–Trinajstić information content (AvgIpc) is 2.71. The predicted octanol–water partition coefficient (Wildman–Crippen LogP) is 4.33. The number of likely N-dealkylation sites (tertiary alicyclic amines) is 1. The number of halogens is 1. The molecule has 2 N–H and O–H groups in total. The summed E-state index contributed by atoms with van der Waals surface area (Å²) in [6.45, 7) is 4.01. The van der Waals surface area contributed by atoms with Crippen LogP contribution in [0.1, 0.15) is 30.1 Å². The molecule has 0 saturated carbocycles. The standard InChI is InChI=1S/C21H24ClN3O2S/c1-2-27-19-6-4-3-5-18(19)20(26)23-17-11-13-25(14-12-17)21(28)24-16-9-7-15(22)8-10-16/h3-10,17H,2,11-14H2,1H3,(H,23,26)(H,24,28). The number of carbonyl (C=O) groups excluding carboxylic acids is 1. The lowest BCUT2D eigenvalue weighted by atomic mass is 10.0. The molecule has 0 spiro atoms. The van der Waals surface area contributed by atoms with E-state index in [1.54, 1.807) is 6.07 Å². The number of para-hydroxylation sites is 1. The minimum Gasteiger partial charge on any atom is -0.493 e. The summed E-state index contributed by atoms with van der Waals surface area (Å²) < 4.78 is 5.56. The van der Waals surface area contributed by atoms with Crippen molar-refractivity contribution in [3.63, 3.8) is 0 Å². The minimum absolute atomic E-state index is 0.0932. The SMILES string of the molecule is CCOc1ccccc1C(=O)NC1CCN(C(=S)Nc2ccc(Cl)cc2)CC1. The van der Waals surface area contributed by atoms with Gasteiger partial charge in [0, 0.05) is 29.8 Å². The van der Waals surface area contributed by atoms with Gasteiger partial charge in [-0.15, -0.1) is 0 Å². The predicted molar refractivity (Wildman–Crippen MR) is 117 cm³/mol. The van der Waals surface area contributed by atoms with E-state index in [0.29, 0.717) is 28.1 Å². The third-order valence-electron chi connectivity index (χ3n) is 4.64. The fraction of sp³-hybridized carbons (Fsp3) is 0.333. The maximum Gasteiger partial charge on any atom is 0.255 e. The highest BCUT2D eigenvalue weighted by Gasteiger charge is 2.23. The third-order valence-corrected chi connectivity index (χ3v) is 5.26. The molecule has 1 amide bonds. The van der Waals surface area contributed by atoms with Gasteiger partial charge in [0.15, 0.2) is 5.11 Å². The van der Waals surface area contributed by atoms with Crippen LogP contribution in [0.2, 0.25) is 5.02 Å². The number of benzene rings is 2. The highest BCUT2D eigenvalue weighted by atomic mass is 35.5. The molecule has 1 fully saturated rings. The van der Waals surface area contributed by atoms with Crippen molar-refractivity contribution in [1.29, 1.82) is 0 Å². The summed E-state index contributed by atoms with van der Waals surface area (Å²) in [5.74, 6) is 0.526. The van der Waals surface area contributed by atoms with Gasteiger partial charge in [0.2, 0.25) is 0 Å². The van der Waals surface area contributed by atoms with Crippen LogP contribution in [0.3, 0.4) is 0 Å². The van der Waals surface area contributed by atoms with Gasteiger partial charge in [0.05, 0.1) is 12.2 Å². The molecule has 28 heavy (non-hydrogen) atoms. The van der Waals surface area contributed by atoms with E-state index in [0.717, 1.165) is 31.6 Å². The molecule has 0 aromatic heterocycles. The first-order valence-corrected chi connectivity index (χ1v) is 10.2. The molecule has 0 unspecified atom stereocenters. The smallest absolute Gasteiger partial charge is 0.255 e. The summed E-state index contributed by atoms with van der Waals surface area (Å²) in [4.78, 5) is 14.8. The summed E-state index contributed by atoms with van der Waals surface area (Å²) in [5, 5.41) is 7.74. The second-order valence-corrected chi connectivity index (χ2v) is 7.42. The van der Waals surface area contributed by atoms with Crippen LogP contribution < -0.4 is 15.4 Å². The van der Waals surface area contributed by atoms with Gasteiger partial charge in [-0.2, -0.15) is 0 Å². The maximum absolute atomic E-state index is 12.6. The Morgan fingerprint density at radius 3 is 2.54 bits per heavy atom. The van der Waals surface area contributed by atoms with E-state index >= 15 is 0 Å². The minimum atomic E-state index is -0.0932. The number of nitrogens with one attached hydrogen (secondary N) is 2. The van der Waals surface area contributed by atoms with E-state index in [1.807, 2.05) is 49.4 Å².